The minimum Gasteiger partial charge on any atom is -0.504 e. The topological polar surface area (TPSA) is 111 Å². The number of phenolic OH excluding ortho intramolecular Hbond substituents is 2. The second-order valence-electron chi connectivity index (χ2n) is 6.31. The molecule has 0 unspecified atom stereocenters. The molecule has 29 heavy (non-hydrogen) atoms. The van der Waals surface area contributed by atoms with Gasteiger partial charge in [0.2, 0.25) is 0 Å². The van der Waals surface area contributed by atoms with Crippen molar-refractivity contribution < 1.29 is 19.8 Å². The summed E-state index contributed by atoms with van der Waals surface area (Å²) in [6.45, 7) is 1.93. The zero-order valence-corrected chi connectivity index (χ0v) is 15.6. The van der Waals surface area contributed by atoms with Gasteiger partial charge < -0.3 is 15.5 Å². The molecule has 0 aliphatic heterocycles. The van der Waals surface area contributed by atoms with Gasteiger partial charge in [0.25, 0.3) is 11.8 Å². The van der Waals surface area contributed by atoms with Crippen LogP contribution in [0.2, 0.25) is 0 Å². The number of aryl methyl sites for hydroxylation is 1. The van der Waals surface area contributed by atoms with Crippen LogP contribution in [0.5, 0.6) is 11.5 Å². The minimum absolute atomic E-state index is 0.246. The first-order valence-electron chi connectivity index (χ1n) is 8.76. The number of aromatic hydroxyl groups is 2. The molecule has 0 atom stereocenters. The molecule has 3 aromatic rings. The summed E-state index contributed by atoms with van der Waals surface area (Å²) in [6.07, 6.45) is 1.32. The van der Waals surface area contributed by atoms with Gasteiger partial charge in [-0.15, -0.1) is 0 Å². The lowest BCUT2D eigenvalue weighted by Crippen LogP contribution is -2.21. The zero-order valence-electron chi connectivity index (χ0n) is 15.6. The Morgan fingerprint density at radius 3 is 2.34 bits per heavy atom. The Morgan fingerprint density at radius 1 is 0.897 bits per heavy atom. The molecule has 3 aromatic carbocycles. The Kier molecular flexibility index (Phi) is 5.89. The van der Waals surface area contributed by atoms with E-state index in [0.717, 1.165) is 5.56 Å². The lowest BCUT2D eigenvalue weighted by atomic mass is 10.1. The predicted octanol–water partition coefficient (Wildman–Crippen LogP) is 3.42. The van der Waals surface area contributed by atoms with E-state index in [1.54, 1.807) is 36.4 Å². The third-order valence-corrected chi connectivity index (χ3v) is 4.11. The molecule has 0 aromatic heterocycles. The molecule has 3 rings (SSSR count). The lowest BCUT2D eigenvalue weighted by molar-refractivity contribution is 0.0956. The fourth-order valence-electron chi connectivity index (χ4n) is 2.54. The summed E-state index contributed by atoms with van der Waals surface area (Å²) < 4.78 is 0. The maximum Gasteiger partial charge on any atom is 0.273 e. The van der Waals surface area contributed by atoms with Gasteiger partial charge in [0.15, 0.2) is 11.5 Å². The molecule has 4 N–H and O–H groups in total. The van der Waals surface area contributed by atoms with Crippen LogP contribution >= 0.6 is 0 Å². The maximum atomic E-state index is 12.5. The van der Waals surface area contributed by atoms with Crippen molar-refractivity contribution in [3.8, 4) is 11.5 Å². The van der Waals surface area contributed by atoms with Crippen molar-refractivity contribution >= 4 is 23.7 Å². The summed E-state index contributed by atoms with van der Waals surface area (Å²) >= 11 is 0. The number of anilines is 1. The van der Waals surface area contributed by atoms with E-state index in [2.05, 4.69) is 15.8 Å². The van der Waals surface area contributed by atoms with Gasteiger partial charge in [-0.25, -0.2) is 5.43 Å². The molecule has 0 heterocycles. The fraction of sp³-hybridized carbons (Fsp3) is 0.0455. The van der Waals surface area contributed by atoms with Crippen molar-refractivity contribution in [1.29, 1.82) is 0 Å². The van der Waals surface area contributed by atoms with Crippen molar-refractivity contribution in [2.45, 2.75) is 6.92 Å². The van der Waals surface area contributed by atoms with Crippen LogP contribution in [0.3, 0.4) is 0 Å². The molecule has 146 valence electrons. The quantitative estimate of drug-likeness (QED) is 0.304. The second-order valence-corrected chi connectivity index (χ2v) is 6.31. The van der Waals surface area contributed by atoms with Gasteiger partial charge in [0, 0.05) is 5.56 Å². The van der Waals surface area contributed by atoms with E-state index in [1.807, 2.05) is 19.1 Å². The number of nitrogens with zero attached hydrogens (tertiary/aromatic N) is 1. The first kappa shape index (κ1) is 19.6. The largest absolute Gasteiger partial charge is 0.504 e. The Morgan fingerprint density at radius 2 is 1.62 bits per heavy atom. The van der Waals surface area contributed by atoms with Crippen LogP contribution in [0.25, 0.3) is 0 Å². The third-order valence-electron chi connectivity index (χ3n) is 4.11. The number of phenols is 2. The first-order chi connectivity index (χ1) is 13.9. The molecular weight excluding hydrogens is 370 g/mol. The third kappa shape index (κ3) is 4.98. The lowest BCUT2D eigenvalue weighted by Gasteiger charge is -2.10. The predicted molar refractivity (Wildman–Crippen MR) is 110 cm³/mol. The highest BCUT2D eigenvalue weighted by molar-refractivity contribution is 6.09. The molecule has 2 amide bonds. The molecule has 7 nitrogen and oxygen atoms in total. The van der Waals surface area contributed by atoms with E-state index in [4.69, 9.17) is 0 Å². The van der Waals surface area contributed by atoms with Crippen LogP contribution in [0.4, 0.5) is 5.69 Å². The van der Waals surface area contributed by atoms with Crippen LogP contribution in [0.15, 0.2) is 71.8 Å². The molecule has 0 radical (unpaired) electrons. The van der Waals surface area contributed by atoms with Gasteiger partial charge in [0.05, 0.1) is 17.5 Å². The highest BCUT2D eigenvalue weighted by Gasteiger charge is 2.13. The zero-order chi connectivity index (χ0) is 20.8. The highest BCUT2D eigenvalue weighted by atomic mass is 16.3. The van der Waals surface area contributed by atoms with Crippen LogP contribution < -0.4 is 10.7 Å². The van der Waals surface area contributed by atoms with Crippen LogP contribution in [-0.4, -0.2) is 28.2 Å². The highest BCUT2D eigenvalue weighted by Crippen LogP contribution is 2.24. The molecule has 0 fully saturated rings. The number of para-hydroxylation sites is 1. The van der Waals surface area contributed by atoms with Gasteiger partial charge in [-0.05, 0) is 55.0 Å². The Bertz CT molecular complexity index is 1080. The van der Waals surface area contributed by atoms with Crippen molar-refractivity contribution in [3.05, 3.63) is 89.0 Å². The van der Waals surface area contributed by atoms with Crippen molar-refractivity contribution in [3.63, 3.8) is 0 Å². The van der Waals surface area contributed by atoms with Gasteiger partial charge in [-0.2, -0.15) is 5.10 Å². The van der Waals surface area contributed by atoms with Crippen molar-refractivity contribution in [2.24, 2.45) is 5.10 Å². The van der Waals surface area contributed by atoms with Crippen molar-refractivity contribution in [1.82, 2.24) is 5.43 Å². The van der Waals surface area contributed by atoms with Gasteiger partial charge in [-0.3, -0.25) is 9.59 Å². The average molecular weight is 389 g/mol. The molecule has 0 saturated heterocycles. The van der Waals surface area contributed by atoms with Crippen LogP contribution in [-0.2, 0) is 0 Å². The van der Waals surface area contributed by atoms with Crippen molar-refractivity contribution in [2.75, 3.05) is 5.32 Å². The summed E-state index contributed by atoms with van der Waals surface area (Å²) in [4.78, 5) is 24.9. The van der Waals surface area contributed by atoms with Gasteiger partial charge >= 0.3 is 0 Å². The number of amides is 2. The van der Waals surface area contributed by atoms with Gasteiger partial charge in [-0.1, -0.05) is 29.8 Å². The fourth-order valence-corrected chi connectivity index (χ4v) is 2.54. The van der Waals surface area contributed by atoms with E-state index >= 15 is 0 Å². The number of rotatable bonds is 5. The van der Waals surface area contributed by atoms with Crippen LogP contribution in [0.1, 0.15) is 31.8 Å². The molecule has 7 heteroatoms. The number of hydrogen-bond acceptors (Lipinski definition) is 5. The normalized spacial score (nSPS) is 10.7. The summed E-state index contributed by atoms with van der Waals surface area (Å²) in [6, 6.07) is 17.8. The summed E-state index contributed by atoms with van der Waals surface area (Å²) in [7, 11) is 0. The van der Waals surface area contributed by atoms with E-state index < -0.39 is 5.91 Å². The average Bonchev–Trinajstić information content (AvgIpc) is 2.71. The molecule has 0 saturated carbocycles. The number of carbonyl (C=O) groups is 2. The summed E-state index contributed by atoms with van der Waals surface area (Å²) in [5.41, 5.74) is 4.99. The van der Waals surface area contributed by atoms with E-state index in [9.17, 15) is 19.8 Å². The van der Waals surface area contributed by atoms with E-state index in [-0.39, 0.29) is 23.0 Å². The smallest absolute Gasteiger partial charge is 0.273 e. The first-order valence-corrected chi connectivity index (χ1v) is 8.76. The molecule has 0 spiro atoms. The second kappa shape index (κ2) is 8.71. The van der Waals surface area contributed by atoms with E-state index in [0.29, 0.717) is 16.8 Å². The molecular formula is C22H19N3O4. The number of benzene rings is 3. The van der Waals surface area contributed by atoms with E-state index in [1.165, 1.54) is 24.4 Å². The minimum atomic E-state index is -0.510. The summed E-state index contributed by atoms with van der Waals surface area (Å²) in [5.74, 6) is -1.37. The number of hydrazone groups is 1. The molecule has 0 aliphatic rings. The van der Waals surface area contributed by atoms with Gasteiger partial charge in [0.1, 0.15) is 0 Å². The SMILES string of the molecule is Cc1ccc(C(=O)Nc2ccccc2C(=O)N/N=C/c2ccc(O)c(O)c2)cc1. The van der Waals surface area contributed by atoms with Crippen LogP contribution in [0, 0.1) is 6.92 Å². The summed E-state index contributed by atoms with van der Waals surface area (Å²) in [5, 5.41) is 25.4. The standard InChI is InChI=1S/C22H19N3O4/c1-14-6-9-16(10-7-14)21(28)24-18-5-3-2-4-17(18)22(29)25-23-13-15-8-11-19(26)20(27)12-15/h2-13,26-27H,1H3,(H,24,28)(H,25,29)/b23-13+. The Hall–Kier alpha value is -4.13. The number of hydrogen-bond donors (Lipinski definition) is 4. The number of carbonyl (C=O) groups excluding carboxylic acids is 2. The molecule has 0 aliphatic carbocycles. The number of nitrogens with one attached hydrogen (secondary N) is 2. The molecule has 0 bridgehead atoms. The Labute approximate surface area is 167 Å². The maximum absolute atomic E-state index is 12.5. The Balaban J connectivity index is 1.71. The monoisotopic (exact) mass is 389 g/mol.